The molecule has 0 amide bonds. The van der Waals surface area contributed by atoms with E-state index in [9.17, 15) is 4.57 Å². The van der Waals surface area contributed by atoms with E-state index >= 15 is 0 Å². The van der Waals surface area contributed by atoms with Gasteiger partial charge in [0.2, 0.25) is 0 Å². The van der Waals surface area contributed by atoms with E-state index in [2.05, 4.69) is 22.2 Å². The second-order valence-electron chi connectivity index (χ2n) is 2.00. The Labute approximate surface area is 75.9 Å². The molecule has 0 saturated heterocycles. The fraction of sp³-hybridized carbons (Fsp3) is 0.333. The van der Waals surface area contributed by atoms with Gasteiger partial charge in [0, 0.05) is 0 Å². The molecule has 13 heavy (non-hydrogen) atoms. The third kappa shape index (κ3) is 5.70. The molecule has 7 heteroatoms. The minimum absolute atomic E-state index is 0.961. The van der Waals surface area contributed by atoms with Gasteiger partial charge in [-0.15, -0.1) is 0 Å². The van der Waals surface area contributed by atoms with Crippen LogP contribution in [0.1, 0.15) is 0 Å². The van der Waals surface area contributed by atoms with Gasteiger partial charge < -0.3 is 10.2 Å². The molecule has 0 aliphatic carbocycles. The molecule has 0 fully saturated rings. The van der Waals surface area contributed by atoms with Crippen LogP contribution in [0.5, 0.6) is 0 Å². The summed E-state index contributed by atoms with van der Waals surface area (Å²) in [5.74, 6) is 0. The Bertz CT molecular complexity index is 211. The highest BCUT2D eigenvalue weighted by Gasteiger charge is 2.24. The van der Waals surface area contributed by atoms with Crippen LogP contribution in [0.3, 0.4) is 0 Å². The zero-order valence-electron chi connectivity index (χ0n) is 6.87. The Balaban J connectivity index is 4.15. The van der Waals surface area contributed by atoms with Crippen LogP contribution in [0.4, 0.5) is 0 Å². The average molecular weight is 209 g/mol. The van der Waals surface area contributed by atoms with Gasteiger partial charge in [0.1, 0.15) is 0 Å². The second kappa shape index (κ2) is 5.29. The number of nitrogens with two attached hydrogens (primary N) is 1. The Kier molecular flexibility index (Phi) is 5.09. The quantitative estimate of drug-likeness (QED) is 0.325. The van der Waals surface area contributed by atoms with Crippen LogP contribution in [0.25, 0.3) is 0 Å². The number of rotatable bonds is 6. The van der Waals surface area contributed by atoms with E-state index < -0.39 is 20.3 Å². The zero-order chi connectivity index (χ0) is 10.5. The molecule has 0 aliphatic heterocycles. The van der Waals surface area contributed by atoms with Gasteiger partial charge >= 0.3 is 7.75 Å². The van der Waals surface area contributed by atoms with Crippen molar-refractivity contribution in [3.8, 4) is 0 Å². The fourth-order valence-electron chi connectivity index (χ4n) is 0.412. The van der Waals surface area contributed by atoms with E-state index in [0.717, 1.165) is 12.2 Å². The molecule has 2 atom stereocenters. The molecule has 76 valence electrons. The topological polar surface area (TPSA) is 102 Å². The molecule has 0 aromatic carbocycles. The van der Waals surface area contributed by atoms with E-state index in [1.165, 1.54) is 0 Å². The standard InChI is InChI=1S/C6H12NO5P/c1-3-5(8)11-13(7,10)12-6(9)4-2/h3-6,8-9H,1-2H2,(H2,7,10). The molecular formula is C6H12NO5P. The first-order valence-electron chi connectivity index (χ1n) is 3.28. The summed E-state index contributed by atoms with van der Waals surface area (Å²) in [6.07, 6.45) is -1.09. The van der Waals surface area contributed by atoms with E-state index in [1.54, 1.807) is 0 Å². The minimum Gasteiger partial charge on any atom is -0.364 e. The number of aliphatic hydroxyl groups excluding tert-OH is 2. The third-order valence-corrected chi connectivity index (χ3v) is 1.93. The van der Waals surface area contributed by atoms with E-state index in [4.69, 9.17) is 15.7 Å². The summed E-state index contributed by atoms with van der Waals surface area (Å²) in [4.78, 5) is 0. The van der Waals surface area contributed by atoms with Crippen molar-refractivity contribution < 1.29 is 23.8 Å². The van der Waals surface area contributed by atoms with Crippen LogP contribution < -0.4 is 5.50 Å². The molecular weight excluding hydrogens is 197 g/mol. The van der Waals surface area contributed by atoms with Crippen molar-refractivity contribution in [2.75, 3.05) is 0 Å². The summed E-state index contributed by atoms with van der Waals surface area (Å²) in [5, 5.41) is 17.6. The predicted octanol–water partition coefficient (Wildman–Crippen LogP) is 0.0952. The maximum Gasteiger partial charge on any atom is 0.407 e. The Morgan fingerprint density at radius 3 is 1.77 bits per heavy atom. The molecule has 6 nitrogen and oxygen atoms in total. The lowest BCUT2D eigenvalue weighted by Crippen LogP contribution is -2.16. The molecule has 0 radical (unpaired) electrons. The molecule has 0 aromatic rings. The first kappa shape index (κ1) is 12.5. The Morgan fingerprint density at radius 1 is 1.23 bits per heavy atom. The van der Waals surface area contributed by atoms with Gasteiger partial charge in [-0.3, -0.25) is 9.05 Å². The highest BCUT2D eigenvalue weighted by molar-refractivity contribution is 7.51. The maximum absolute atomic E-state index is 11.1. The number of hydrogen-bond acceptors (Lipinski definition) is 5. The van der Waals surface area contributed by atoms with Crippen molar-refractivity contribution in [3.05, 3.63) is 25.3 Å². The molecule has 4 N–H and O–H groups in total. The van der Waals surface area contributed by atoms with Crippen molar-refractivity contribution in [1.82, 2.24) is 0 Å². The highest BCUT2D eigenvalue weighted by atomic mass is 31.2. The fourth-order valence-corrected chi connectivity index (χ4v) is 1.24. The number of hydrogen-bond donors (Lipinski definition) is 3. The summed E-state index contributed by atoms with van der Waals surface area (Å²) in [5.41, 5.74) is 4.97. The van der Waals surface area contributed by atoms with Gasteiger partial charge in [0.15, 0.2) is 12.6 Å². The normalized spacial score (nSPS) is 19.9. The first-order valence-corrected chi connectivity index (χ1v) is 4.89. The van der Waals surface area contributed by atoms with Crippen LogP contribution in [-0.4, -0.2) is 22.8 Å². The van der Waals surface area contributed by atoms with Gasteiger partial charge in [0.05, 0.1) is 0 Å². The van der Waals surface area contributed by atoms with Crippen molar-refractivity contribution in [1.29, 1.82) is 0 Å². The van der Waals surface area contributed by atoms with E-state index in [1.807, 2.05) is 0 Å². The monoisotopic (exact) mass is 209 g/mol. The summed E-state index contributed by atoms with van der Waals surface area (Å²) in [6, 6.07) is 0. The van der Waals surface area contributed by atoms with Crippen molar-refractivity contribution >= 4 is 7.75 Å². The van der Waals surface area contributed by atoms with Crippen LogP contribution in [0.2, 0.25) is 0 Å². The second-order valence-corrected chi connectivity index (χ2v) is 3.50. The van der Waals surface area contributed by atoms with E-state index in [-0.39, 0.29) is 0 Å². The van der Waals surface area contributed by atoms with Gasteiger partial charge in [-0.05, 0) is 12.2 Å². The lowest BCUT2D eigenvalue weighted by molar-refractivity contribution is -0.0281. The van der Waals surface area contributed by atoms with Crippen LogP contribution in [-0.2, 0) is 13.6 Å². The highest BCUT2D eigenvalue weighted by Crippen LogP contribution is 2.41. The molecule has 0 rings (SSSR count). The summed E-state index contributed by atoms with van der Waals surface area (Å²) >= 11 is 0. The van der Waals surface area contributed by atoms with Gasteiger partial charge in [0.25, 0.3) is 0 Å². The molecule has 2 unspecified atom stereocenters. The predicted molar refractivity (Wildman–Crippen MR) is 46.4 cm³/mol. The average Bonchev–Trinajstić information content (AvgIpc) is 2.02. The van der Waals surface area contributed by atoms with Gasteiger partial charge in [-0.25, -0.2) is 10.1 Å². The minimum atomic E-state index is -3.98. The molecule has 0 bridgehead atoms. The molecule has 0 aliphatic rings. The van der Waals surface area contributed by atoms with Crippen molar-refractivity contribution in [3.63, 3.8) is 0 Å². The SMILES string of the molecule is C=CC(O)OP(N)(=O)OC(O)C=C. The van der Waals surface area contributed by atoms with Crippen LogP contribution in [0.15, 0.2) is 25.3 Å². The molecule has 0 spiro atoms. The lowest BCUT2D eigenvalue weighted by atomic mass is 10.6. The Morgan fingerprint density at radius 2 is 1.54 bits per heavy atom. The third-order valence-electron chi connectivity index (χ3n) is 0.913. The number of aliphatic hydroxyl groups is 2. The van der Waals surface area contributed by atoms with Crippen molar-refractivity contribution in [2.24, 2.45) is 5.50 Å². The van der Waals surface area contributed by atoms with E-state index in [0.29, 0.717) is 0 Å². The van der Waals surface area contributed by atoms with Crippen LogP contribution in [0, 0.1) is 0 Å². The summed E-state index contributed by atoms with van der Waals surface area (Å²) in [6.45, 7) is 6.31. The lowest BCUT2D eigenvalue weighted by Gasteiger charge is -2.16. The van der Waals surface area contributed by atoms with Crippen molar-refractivity contribution in [2.45, 2.75) is 12.6 Å². The molecule has 0 heterocycles. The zero-order valence-corrected chi connectivity index (χ0v) is 7.76. The maximum atomic E-state index is 11.1. The largest absolute Gasteiger partial charge is 0.407 e. The Hall–Kier alpha value is -0.490. The van der Waals surface area contributed by atoms with Crippen LogP contribution >= 0.6 is 7.75 Å². The van der Waals surface area contributed by atoms with Gasteiger partial charge in [-0.2, -0.15) is 0 Å². The smallest absolute Gasteiger partial charge is 0.364 e. The molecule has 0 aromatic heterocycles. The summed E-state index contributed by atoms with van der Waals surface area (Å²) < 4.78 is 19.7. The summed E-state index contributed by atoms with van der Waals surface area (Å²) in [7, 11) is -3.98. The van der Waals surface area contributed by atoms with Gasteiger partial charge in [-0.1, -0.05) is 13.2 Å². The first-order chi connectivity index (χ1) is 5.91. The molecule has 0 saturated carbocycles.